The van der Waals surface area contributed by atoms with Crippen molar-refractivity contribution in [3.8, 4) is 11.5 Å². The Hall–Kier alpha value is -1.22. The molecule has 14 heavy (non-hydrogen) atoms. The SMILES string of the molecule is CNCc1ccc2c(c1)OC(C)(C)O2. The van der Waals surface area contributed by atoms with Crippen molar-refractivity contribution in [3.05, 3.63) is 23.8 Å². The predicted molar refractivity (Wildman–Crippen MR) is 54.5 cm³/mol. The van der Waals surface area contributed by atoms with Crippen LogP contribution in [-0.2, 0) is 6.54 Å². The molecule has 0 fully saturated rings. The lowest BCUT2D eigenvalue weighted by Crippen LogP contribution is -2.29. The van der Waals surface area contributed by atoms with Crippen molar-refractivity contribution in [1.29, 1.82) is 0 Å². The molecule has 0 bridgehead atoms. The lowest BCUT2D eigenvalue weighted by molar-refractivity contribution is -0.0431. The summed E-state index contributed by atoms with van der Waals surface area (Å²) in [5, 5.41) is 3.10. The summed E-state index contributed by atoms with van der Waals surface area (Å²) in [7, 11) is 1.93. The van der Waals surface area contributed by atoms with E-state index < -0.39 is 5.79 Å². The summed E-state index contributed by atoms with van der Waals surface area (Å²) < 4.78 is 11.2. The van der Waals surface area contributed by atoms with Gasteiger partial charge >= 0.3 is 0 Å². The molecule has 1 heterocycles. The Kier molecular flexibility index (Phi) is 2.11. The van der Waals surface area contributed by atoms with Crippen molar-refractivity contribution >= 4 is 0 Å². The highest BCUT2D eigenvalue weighted by atomic mass is 16.7. The summed E-state index contributed by atoms with van der Waals surface area (Å²) in [6.07, 6.45) is 0. The van der Waals surface area contributed by atoms with Crippen LogP contribution in [0, 0.1) is 0 Å². The molecule has 1 N–H and O–H groups in total. The molecule has 0 saturated carbocycles. The average molecular weight is 193 g/mol. The number of hydrogen-bond donors (Lipinski definition) is 1. The number of nitrogens with one attached hydrogen (secondary N) is 1. The minimum Gasteiger partial charge on any atom is -0.449 e. The quantitative estimate of drug-likeness (QED) is 0.778. The number of fused-ring (bicyclic) bond motifs is 1. The molecule has 2 rings (SSSR count). The summed E-state index contributed by atoms with van der Waals surface area (Å²) in [6.45, 7) is 4.66. The molecule has 0 aliphatic carbocycles. The third kappa shape index (κ3) is 1.68. The van der Waals surface area contributed by atoms with Gasteiger partial charge in [0.25, 0.3) is 0 Å². The molecule has 1 aromatic carbocycles. The Bertz CT molecular complexity index is 347. The molecule has 0 amide bonds. The standard InChI is InChI=1S/C11H15NO2/c1-11(2)13-9-5-4-8(7-12-3)6-10(9)14-11/h4-6,12H,7H2,1-3H3. The fourth-order valence-electron chi connectivity index (χ4n) is 1.58. The molecule has 76 valence electrons. The van der Waals surface area contributed by atoms with Gasteiger partial charge in [-0.2, -0.15) is 0 Å². The van der Waals surface area contributed by atoms with Gasteiger partial charge < -0.3 is 14.8 Å². The van der Waals surface area contributed by atoms with Gasteiger partial charge in [-0.15, -0.1) is 0 Å². The van der Waals surface area contributed by atoms with E-state index in [1.807, 2.05) is 39.1 Å². The van der Waals surface area contributed by atoms with Gasteiger partial charge in [0, 0.05) is 20.4 Å². The first-order valence-corrected chi connectivity index (χ1v) is 4.76. The molecule has 0 spiro atoms. The molecule has 0 unspecified atom stereocenters. The minimum absolute atomic E-state index is 0.527. The average Bonchev–Trinajstić information content (AvgIpc) is 2.38. The minimum atomic E-state index is -0.527. The zero-order chi connectivity index (χ0) is 10.2. The van der Waals surface area contributed by atoms with Crippen LogP contribution in [0.1, 0.15) is 19.4 Å². The van der Waals surface area contributed by atoms with Gasteiger partial charge in [0.1, 0.15) is 0 Å². The Morgan fingerprint density at radius 3 is 2.64 bits per heavy atom. The Balaban J connectivity index is 2.26. The summed E-state index contributed by atoms with van der Waals surface area (Å²) >= 11 is 0. The molecule has 3 heteroatoms. The third-order valence-electron chi connectivity index (χ3n) is 2.10. The van der Waals surface area contributed by atoms with Crippen LogP contribution in [0.25, 0.3) is 0 Å². The van der Waals surface area contributed by atoms with E-state index in [2.05, 4.69) is 5.32 Å². The summed E-state index contributed by atoms with van der Waals surface area (Å²) in [4.78, 5) is 0. The molecule has 0 radical (unpaired) electrons. The molecule has 3 nitrogen and oxygen atoms in total. The smallest absolute Gasteiger partial charge is 0.246 e. The first kappa shape index (κ1) is 9.34. The largest absolute Gasteiger partial charge is 0.449 e. The molecule has 1 aromatic rings. The highest BCUT2D eigenvalue weighted by Gasteiger charge is 2.31. The van der Waals surface area contributed by atoms with E-state index in [4.69, 9.17) is 9.47 Å². The van der Waals surface area contributed by atoms with Gasteiger partial charge in [-0.3, -0.25) is 0 Å². The van der Waals surface area contributed by atoms with Gasteiger partial charge in [0.05, 0.1) is 0 Å². The maximum atomic E-state index is 5.63. The summed E-state index contributed by atoms with van der Waals surface area (Å²) in [6, 6.07) is 6.01. The van der Waals surface area contributed by atoms with Gasteiger partial charge in [-0.05, 0) is 24.7 Å². The highest BCUT2D eigenvalue weighted by molar-refractivity contribution is 5.45. The van der Waals surface area contributed by atoms with E-state index in [-0.39, 0.29) is 0 Å². The van der Waals surface area contributed by atoms with E-state index in [0.29, 0.717) is 0 Å². The van der Waals surface area contributed by atoms with Crippen LogP contribution in [0.3, 0.4) is 0 Å². The lowest BCUT2D eigenvalue weighted by Gasteiger charge is -2.16. The Morgan fingerprint density at radius 1 is 1.21 bits per heavy atom. The second kappa shape index (κ2) is 3.17. The maximum absolute atomic E-state index is 5.63. The topological polar surface area (TPSA) is 30.5 Å². The zero-order valence-electron chi connectivity index (χ0n) is 8.76. The van der Waals surface area contributed by atoms with E-state index in [9.17, 15) is 0 Å². The van der Waals surface area contributed by atoms with Gasteiger partial charge in [0.2, 0.25) is 5.79 Å². The van der Waals surface area contributed by atoms with Crippen LogP contribution in [0.5, 0.6) is 11.5 Å². The second-order valence-electron chi connectivity index (χ2n) is 3.92. The van der Waals surface area contributed by atoms with Gasteiger partial charge in [0.15, 0.2) is 11.5 Å². The highest BCUT2D eigenvalue weighted by Crippen LogP contribution is 2.39. The number of benzene rings is 1. The predicted octanol–water partition coefficient (Wildman–Crippen LogP) is 1.91. The lowest BCUT2D eigenvalue weighted by atomic mass is 10.2. The van der Waals surface area contributed by atoms with Crippen molar-refractivity contribution in [3.63, 3.8) is 0 Å². The first-order chi connectivity index (χ1) is 6.61. The van der Waals surface area contributed by atoms with Crippen molar-refractivity contribution < 1.29 is 9.47 Å². The monoisotopic (exact) mass is 193 g/mol. The Labute approximate surface area is 84.0 Å². The van der Waals surface area contributed by atoms with Crippen molar-refractivity contribution in [2.45, 2.75) is 26.2 Å². The van der Waals surface area contributed by atoms with Gasteiger partial charge in [-0.25, -0.2) is 0 Å². The molecule has 0 saturated heterocycles. The number of rotatable bonds is 2. The zero-order valence-corrected chi connectivity index (χ0v) is 8.76. The summed E-state index contributed by atoms with van der Waals surface area (Å²) in [5.41, 5.74) is 1.20. The van der Waals surface area contributed by atoms with Crippen LogP contribution in [-0.4, -0.2) is 12.8 Å². The molecule has 0 aromatic heterocycles. The van der Waals surface area contributed by atoms with Crippen LogP contribution < -0.4 is 14.8 Å². The molecular formula is C11H15NO2. The van der Waals surface area contributed by atoms with E-state index in [1.165, 1.54) is 5.56 Å². The third-order valence-corrected chi connectivity index (χ3v) is 2.10. The van der Waals surface area contributed by atoms with Crippen LogP contribution >= 0.6 is 0 Å². The van der Waals surface area contributed by atoms with E-state index in [1.54, 1.807) is 0 Å². The molecule has 0 atom stereocenters. The second-order valence-corrected chi connectivity index (χ2v) is 3.92. The first-order valence-electron chi connectivity index (χ1n) is 4.76. The Morgan fingerprint density at radius 2 is 1.93 bits per heavy atom. The fourth-order valence-corrected chi connectivity index (χ4v) is 1.58. The van der Waals surface area contributed by atoms with Crippen LogP contribution in [0.15, 0.2) is 18.2 Å². The maximum Gasteiger partial charge on any atom is 0.246 e. The normalized spacial score (nSPS) is 17.1. The molecule has 1 aliphatic heterocycles. The molecule has 1 aliphatic rings. The van der Waals surface area contributed by atoms with Crippen LogP contribution in [0.2, 0.25) is 0 Å². The van der Waals surface area contributed by atoms with Crippen molar-refractivity contribution in [1.82, 2.24) is 5.32 Å². The summed E-state index contributed by atoms with van der Waals surface area (Å²) in [5.74, 6) is 1.14. The van der Waals surface area contributed by atoms with Crippen LogP contribution in [0.4, 0.5) is 0 Å². The fraction of sp³-hybridized carbons (Fsp3) is 0.455. The van der Waals surface area contributed by atoms with E-state index >= 15 is 0 Å². The van der Waals surface area contributed by atoms with Gasteiger partial charge in [-0.1, -0.05) is 6.07 Å². The van der Waals surface area contributed by atoms with Crippen molar-refractivity contribution in [2.24, 2.45) is 0 Å². The number of ether oxygens (including phenoxy) is 2. The molecular weight excluding hydrogens is 178 g/mol. The van der Waals surface area contributed by atoms with Crippen molar-refractivity contribution in [2.75, 3.05) is 7.05 Å². The van der Waals surface area contributed by atoms with E-state index in [0.717, 1.165) is 18.0 Å². The number of hydrogen-bond acceptors (Lipinski definition) is 3.